The summed E-state index contributed by atoms with van der Waals surface area (Å²) >= 11 is 0. The van der Waals surface area contributed by atoms with Gasteiger partial charge < -0.3 is 122 Å². The Balaban J connectivity index is 0.940. The fourth-order valence-electron chi connectivity index (χ4n) is 14.8. The monoisotopic (exact) mass is 1520 g/mol. The molecular formula is C72H99NO30S2. The number of fused-ring (bicyclic) bond motifs is 2. The number of Topliss-reactive ketones (excluding diaryl/α,β-unsaturated/α-hetero) is 3. The van der Waals surface area contributed by atoms with Crippen molar-refractivity contribution < 1.29 is 145 Å². The maximum absolute atomic E-state index is 15.8. The number of hydrogen-bond donors (Lipinski definition) is 8. The average molecular weight is 1520 g/mol. The Labute approximate surface area is 615 Å². The van der Waals surface area contributed by atoms with E-state index in [0.29, 0.717) is 12.0 Å². The van der Waals surface area contributed by atoms with E-state index in [0.717, 1.165) is 10.5 Å². The van der Waals surface area contributed by atoms with Crippen LogP contribution in [-0.2, 0) is 113 Å². The zero-order chi connectivity index (χ0) is 76.4. The lowest BCUT2D eigenvalue weighted by Crippen LogP contribution is -2.59. The largest absolute Gasteiger partial charge is 0.507 e. The zero-order valence-corrected chi connectivity index (χ0v) is 62.5. The molecule has 33 heteroatoms. The lowest BCUT2D eigenvalue weighted by Gasteiger charge is -2.46. The summed E-state index contributed by atoms with van der Waals surface area (Å²) in [6.07, 6.45) is -26.0. The van der Waals surface area contributed by atoms with Gasteiger partial charge in [-0.25, -0.2) is 0 Å². The Kier molecular flexibility index (Phi) is 27.5. The molecule has 0 spiro atoms. The molecule has 6 saturated heterocycles. The number of carbonyl (C=O) groups is 6. The third-order valence-electron chi connectivity index (χ3n) is 20.1. The quantitative estimate of drug-likeness (QED) is 0.0279. The Hall–Kier alpha value is -5.32. The van der Waals surface area contributed by atoms with Crippen molar-refractivity contribution in [2.24, 2.45) is 11.7 Å². The molecule has 6 fully saturated rings. The van der Waals surface area contributed by atoms with Crippen LogP contribution in [-0.4, -0.2) is 257 Å². The highest BCUT2D eigenvalue weighted by Gasteiger charge is 2.54. The van der Waals surface area contributed by atoms with Crippen molar-refractivity contribution in [1.29, 1.82) is 0 Å². The van der Waals surface area contributed by atoms with Gasteiger partial charge in [0.1, 0.15) is 78.2 Å². The fraction of sp³-hybridized carbons (Fsp3) is 0.694. The van der Waals surface area contributed by atoms with Crippen LogP contribution in [0.15, 0.2) is 35.2 Å². The normalized spacial score (nSPS) is 36.4. The molecule has 31 nitrogen and oxygen atoms in total. The molecule has 0 aromatic heterocycles. The van der Waals surface area contributed by atoms with Gasteiger partial charge in [0.15, 0.2) is 61.0 Å². The van der Waals surface area contributed by atoms with E-state index in [1.165, 1.54) is 70.4 Å². The number of carboxylic acids is 1. The van der Waals surface area contributed by atoms with Crippen molar-refractivity contribution in [3.63, 3.8) is 0 Å². The van der Waals surface area contributed by atoms with Crippen molar-refractivity contribution in [3.8, 4) is 17.2 Å². The second kappa shape index (κ2) is 35.1. The van der Waals surface area contributed by atoms with E-state index < -0.39 is 206 Å². The number of esters is 2. The number of phenols is 2. The second-order valence-electron chi connectivity index (χ2n) is 28.3. The maximum atomic E-state index is 15.8. The summed E-state index contributed by atoms with van der Waals surface area (Å²) in [5, 5.41) is 79.6. The number of ketones is 3. The molecule has 9 N–H and O–H groups in total. The van der Waals surface area contributed by atoms with Gasteiger partial charge in [0.05, 0.1) is 72.5 Å². The Morgan fingerprint density at radius 2 is 1.30 bits per heavy atom. The van der Waals surface area contributed by atoms with Crippen molar-refractivity contribution in [1.82, 2.24) is 0 Å². The molecule has 0 amide bonds. The highest BCUT2D eigenvalue weighted by Crippen LogP contribution is 2.49. The molecule has 0 bridgehead atoms. The van der Waals surface area contributed by atoms with Crippen molar-refractivity contribution in [3.05, 3.63) is 58.1 Å². The van der Waals surface area contributed by atoms with Crippen molar-refractivity contribution in [2.45, 2.75) is 285 Å². The molecule has 27 atom stereocenters. The highest BCUT2D eigenvalue weighted by atomic mass is 33.1. The third-order valence-corrected chi connectivity index (χ3v) is 22.6. The predicted octanol–water partition coefficient (Wildman–Crippen LogP) is 4.61. The van der Waals surface area contributed by atoms with Gasteiger partial charge in [-0.15, -0.1) is 0 Å². The van der Waals surface area contributed by atoms with Crippen LogP contribution >= 0.6 is 21.6 Å². The van der Waals surface area contributed by atoms with Gasteiger partial charge in [-0.1, -0.05) is 27.7 Å². The second-order valence-corrected chi connectivity index (χ2v) is 30.7. The van der Waals surface area contributed by atoms with E-state index in [1.54, 1.807) is 71.9 Å². The minimum Gasteiger partial charge on any atom is -0.507 e. The van der Waals surface area contributed by atoms with E-state index in [4.69, 9.17) is 86.3 Å². The van der Waals surface area contributed by atoms with Crippen LogP contribution in [0.2, 0.25) is 0 Å². The van der Waals surface area contributed by atoms with Crippen LogP contribution < -0.4 is 10.5 Å². The van der Waals surface area contributed by atoms with Crippen LogP contribution in [0.25, 0.3) is 10.8 Å². The number of aliphatic hydroxyl groups excluding tert-OH is 3. The lowest BCUT2D eigenvalue weighted by atomic mass is 9.75. The number of benzene rings is 3. The number of hydrogen-bond acceptors (Lipinski definition) is 32. The van der Waals surface area contributed by atoms with Crippen LogP contribution in [0.4, 0.5) is 0 Å². The van der Waals surface area contributed by atoms with Gasteiger partial charge in [-0.2, -0.15) is 0 Å². The summed E-state index contributed by atoms with van der Waals surface area (Å²) in [7, 11) is 5.28. The van der Waals surface area contributed by atoms with Crippen LogP contribution in [0, 0.1) is 12.8 Å². The van der Waals surface area contributed by atoms with Gasteiger partial charge in [-0.05, 0) is 116 Å². The van der Waals surface area contributed by atoms with E-state index >= 15 is 9.59 Å². The molecule has 3 aromatic rings. The van der Waals surface area contributed by atoms with Gasteiger partial charge in [0, 0.05) is 87.9 Å². The van der Waals surface area contributed by atoms with Crippen molar-refractivity contribution >= 4 is 67.6 Å². The zero-order valence-electron chi connectivity index (χ0n) is 60.9. The maximum Gasteiger partial charge on any atom is 0.321 e. The molecule has 1 aliphatic carbocycles. The summed E-state index contributed by atoms with van der Waals surface area (Å²) in [6.45, 7) is 16.7. The Morgan fingerprint density at radius 1 is 0.705 bits per heavy atom. The van der Waals surface area contributed by atoms with E-state index in [2.05, 4.69) is 0 Å². The summed E-state index contributed by atoms with van der Waals surface area (Å²) < 4.78 is 105. The molecule has 3 aromatic carbocycles. The third kappa shape index (κ3) is 19.1. The number of carboxylic acid groups (broad SMARTS) is 1. The number of carbonyl (C=O) groups excluding carboxylic acids is 5. The standard InChI is InChI=1S/C72H99NO30S2/c1-29(74)27-89-17-16-39-18-40(14-15-50(39)105-104-28-44(73)70(84)85)71-95-35(7)66(103-71)63(83)67(88-13)43-20-41-19-42-21-46(98-53-25-49(65(34(6)93-53)96-37(9)75)101-51-22-45(77)64(87-12)33(5)92-51)30(2)58(78)56(42)61(81)57(41)62(82)68(43)102-54-24-47(59(79)32(4)91-54)99-52-23-48(60(80)31(3)90-52)100-55-26-72(11,86)69(36(8)94-55)97-38(10)76/h14-15,18-19,21,31-36,43-45,47-49,51-55,59-60,64-69,71,77-81,86H,16-17,20,22-28,73H2,1-13H3,(H,84,85). The van der Waals surface area contributed by atoms with E-state index in [-0.39, 0.29) is 96.5 Å². The number of aliphatic carboxylic acids is 1. The Bertz CT molecular complexity index is 3570. The summed E-state index contributed by atoms with van der Waals surface area (Å²) in [5.41, 5.74) is 5.51. The molecule has 584 valence electrons. The topological polar surface area (TPSA) is 427 Å². The SMILES string of the molecule is COC(C(=O)C1OC(c2ccc(SSCC(N)C(=O)O)c(CCOCC(C)=O)c2)OC1C)C1Cc2cc3cc(OC4CC(OC5CC(O)C(OC)C(C)O5)C(OC(C)=O)C(C)O4)c(C)c(O)c3c(O)c2C(=O)C1OC1CC(OC2CC(OC3CC(C)(O)C(OC(C)=O)C(C)O3)C(O)C(C)O2)C(O)C(C)O1. The number of rotatable bonds is 28. The minimum absolute atomic E-state index is 0.0368. The number of aromatic hydroxyl groups is 2. The lowest BCUT2D eigenvalue weighted by molar-refractivity contribution is -0.334. The number of methoxy groups -OCH3 is 2. The first-order chi connectivity index (χ1) is 49.6. The first-order valence-electron chi connectivity index (χ1n) is 35.3. The first-order valence-corrected chi connectivity index (χ1v) is 37.6. The van der Waals surface area contributed by atoms with Gasteiger partial charge in [0.2, 0.25) is 6.29 Å². The molecule has 0 radical (unpaired) electrons. The molecular weight excluding hydrogens is 1420 g/mol. The molecule has 105 heavy (non-hydrogen) atoms. The number of ether oxygens (including phenoxy) is 17. The fourth-order valence-corrected chi connectivity index (χ4v) is 17.2. The Morgan fingerprint density at radius 3 is 1.92 bits per heavy atom. The molecule has 7 aliphatic rings. The smallest absolute Gasteiger partial charge is 0.321 e. The number of nitrogens with two attached hydrogens (primary N) is 1. The minimum atomic E-state index is -1.69. The molecule has 10 rings (SSSR count). The van der Waals surface area contributed by atoms with Crippen LogP contribution in [0.1, 0.15) is 140 Å². The summed E-state index contributed by atoms with van der Waals surface area (Å²) in [6, 6.07) is 7.32. The van der Waals surface area contributed by atoms with Gasteiger partial charge in [0.25, 0.3) is 0 Å². The number of aliphatic hydroxyl groups is 4. The summed E-state index contributed by atoms with van der Waals surface area (Å²) in [4.78, 5) is 79.6. The van der Waals surface area contributed by atoms with Gasteiger partial charge >= 0.3 is 17.9 Å². The first kappa shape index (κ1) is 82.2. The number of phenolic OH excluding ortho intramolecular Hbond substituents is 2. The summed E-state index contributed by atoms with van der Waals surface area (Å²) in [5.74, 6) is -6.23. The van der Waals surface area contributed by atoms with E-state index in [9.17, 15) is 54.9 Å². The highest BCUT2D eigenvalue weighted by molar-refractivity contribution is 8.76. The molecule has 0 saturated carbocycles. The van der Waals surface area contributed by atoms with Crippen LogP contribution in [0.5, 0.6) is 17.2 Å². The van der Waals surface area contributed by atoms with Crippen molar-refractivity contribution in [2.75, 3.05) is 33.2 Å². The van der Waals surface area contributed by atoms with Crippen LogP contribution in [0.3, 0.4) is 0 Å². The molecule has 6 heterocycles. The van der Waals surface area contributed by atoms with E-state index in [1.807, 2.05) is 0 Å². The average Bonchev–Trinajstić information content (AvgIpc) is 0.787. The van der Waals surface area contributed by atoms with Gasteiger partial charge in [-0.3, -0.25) is 28.8 Å². The predicted molar refractivity (Wildman–Crippen MR) is 369 cm³/mol. The molecule has 6 aliphatic heterocycles. The molecule has 27 unspecified atom stereocenters.